The Kier molecular flexibility index (Phi) is 5.52. The van der Waals surface area contributed by atoms with Crippen LogP contribution in [-0.4, -0.2) is 46.8 Å². The molecule has 1 aliphatic heterocycles. The van der Waals surface area contributed by atoms with Crippen molar-refractivity contribution in [3.8, 4) is 0 Å². The second-order valence-electron chi connectivity index (χ2n) is 5.42. The molecule has 0 aromatic heterocycles. The van der Waals surface area contributed by atoms with Gasteiger partial charge in [-0.1, -0.05) is 0 Å². The van der Waals surface area contributed by atoms with Crippen LogP contribution >= 0.6 is 11.8 Å². The third-order valence-corrected chi connectivity index (χ3v) is 3.78. The van der Waals surface area contributed by atoms with Gasteiger partial charge in [0.15, 0.2) is 0 Å². The van der Waals surface area contributed by atoms with Crippen molar-refractivity contribution in [2.75, 3.05) is 12.9 Å². The molecule has 19 heavy (non-hydrogen) atoms. The smallest absolute Gasteiger partial charge is 0.411 e. The summed E-state index contributed by atoms with van der Waals surface area (Å²) in [5.41, 5.74) is -0.568. The number of ether oxygens (including phenoxy) is 2. The number of carbonyl (C=O) groups excluding carboxylic acids is 2. The van der Waals surface area contributed by atoms with Gasteiger partial charge in [0.05, 0.1) is 12.0 Å². The number of nitrogens with zero attached hydrogens (tertiary/aromatic N) is 1. The number of esters is 1. The molecule has 0 N–H and O–H groups in total. The van der Waals surface area contributed by atoms with E-state index in [4.69, 9.17) is 9.47 Å². The summed E-state index contributed by atoms with van der Waals surface area (Å²) >= 11 is 1.55. The summed E-state index contributed by atoms with van der Waals surface area (Å²) in [6.45, 7) is 7.52. The first-order valence-corrected chi connectivity index (χ1v) is 7.79. The van der Waals surface area contributed by atoms with E-state index in [0.29, 0.717) is 13.0 Å². The SMILES string of the molecule is CCOC(=O)C1CCC(SC)N1C(=O)OC(C)(C)C. The molecule has 0 aromatic rings. The van der Waals surface area contributed by atoms with Crippen molar-refractivity contribution in [1.29, 1.82) is 0 Å². The molecule has 110 valence electrons. The zero-order valence-corrected chi connectivity index (χ0v) is 13.1. The van der Waals surface area contributed by atoms with Gasteiger partial charge >= 0.3 is 12.1 Å². The number of rotatable bonds is 3. The van der Waals surface area contributed by atoms with Gasteiger partial charge in [-0.2, -0.15) is 0 Å². The third-order valence-electron chi connectivity index (χ3n) is 2.77. The van der Waals surface area contributed by atoms with E-state index in [1.807, 2.05) is 27.0 Å². The van der Waals surface area contributed by atoms with Gasteiger partial charge in [-0.25, -0.2) is 9.59 Å². The quantitative estimate of drug-likeness (QED) is 0.748. The maximum absolute atomic E-state index is 12.2. The zero-order valence-electron chi connectivity index (χ0n) is 12.3. The molecule has 1 aliphatic rings. The largest absolute Gasteiger partial charge is 0.464 e. The highest BCUT2D eigenvalue weighted by molar-refractivity contribution is 7.99. The minimum absolute atomic E-state index is 0.0238. The average Bonchev–Trinajstić information content (AvgIpc) is 2.70. The molecule has 2 unspecified atom stereocenters. The molecule has 0 saturated carbocycles. The molecule has 0 aromatic carbocycles. The summed E-state index contributed by atoms with van der Waals surface area (Å²) in [7, 11) is 0. The lowest BCUT2D eigenvalue weighted by Gasteiger charge is -2.30. The fourth-order valence-electron chi connectivity index (χ4n) is 2.04. The van der Waals surface area contributed by atoms with Gasteiger partial charge in [-0.3, -0.25) is 4.90 Å². The molecule has 0 aliphatic carbocycles. The van der Waals surface area contributed by atoms with Crippen molar-refractivity contribution in [2.45, 2.75) is 57.6 Å². The van der Waals surface area contributed by atoms with Gasteiger partial charge < -0.3 is 9.47 Å². The normalized spacial score (nSPS) is 23.3. The van der Waals surface area contributed by atoms with Crippen LogP contribution in [0.1, 0.15) is 40.5 Å². The summed E-state index contributed by atoms with van der Waals surface area (Å²) in [6, 6.07) is -0.521. The van der Waals surface area contributed by atoms with Gasteiger partial charge in [0.1, 0.15) is 11.6 Å². The summed E-state index contributed by atoms with van der Waals surface area (Å²) < 4.78 is 10.4. The Hall–Kier alpha value is -0.910. The van der Waals surface area contributed by atoms with Gasteiger partial charge in [0.25, 0.3) is 0 Å². The van der Waals surface area contributed by atoms with Crippen LogP contribution in [0, 0.1) is 0 Å². The van der Waals surface area contributed by atoms with Crippen LogP contribution in [0.2, 0.25) is 0 Å². The van der Waals surface area contributed by atoms with E-state index in [1.165, 1.54) is 4.90 Å². The summed E-state index contributed by atoms with van der Waals surface area (Å²) in [5.74, 6) is -0.343. The van der Waals surface area contributed by atoms with Crippen LogP contribution in [0.5, 0.6) is 0 Å². The van der Waals surface area contributed by atoms with E-state index in [-0.39, 0.29) is 11.3 Å². The Bertz CT molecular complexity index is 340. The van der Waals surface area contributed by atoms with Gasteiger partial charge in [-0.05, 0) is 46.8 Å². The zero-order chi connectivity index (χ0) is 14.6. The van der Waals surface area contributed by atoms with E-state index < -0.39 is 17.7 Å². The first-order chi connectivity index (χ1) is 8.80. The molecule has 0 radical (unpaired) electrons. The van der Waals surface area contributed by atoms with Crippen LogP contribution in [0.15, 0.2) is 0 Å². The van der Waals surface area contributed by atoms with E-state index in [1.54, 1.807) is 18.7 Å². The van der Waals surface area contributed by atoms with Crippen molar-refractivity contribution < 1.29 is 19.1 Å². The molecule has 1 heterocycles. The molecular formula is C13H23NO4S. The van der Waals surface area contributed by atoms with Crippen molar-refractivity contribution in [1.82, 2.24) is 4.90 Å². The molecule has 0 spiro atoms. The molecule has 1 fully saturated rings. The average molecular weight is 289 g/mol. The summed E-state index contributed by atoms with van der Waals surface area (Å²) in [4.78, 5) is 25.7. The molecule has 6 heteroatoms. The van der Waals surface area contributed by atoms with Crippen molar-refractivity contribution in [3.63, 3.8) is 0 Å². The Morgan fingerprint density at radius 3 is 2.42 bits per heavy atom. The highest BCUT2D eigenvalue weighted by Crippen LogP contribution is 2.32. The second kappa shape index (κ2) is 6.50. The van der Waals surface area contributed by atoms with E-state index >= 15 is 0 Å². The van der Waals surface area contributed by atoms with Crippen LogP contribution < -0.4 is 0 Å². The van der Waals surface area contributed by atoms with E-state index in [2.05, 4.69) is 0 Å². The van der Waals surface area contributed by atoms with E-state index in [9.17, 15) is 9.59 Å². The Morgan fingerprint density at radius 2 is 1.95 bits per heavy atom. The lowest BCUT2D eigenvalue weighted by atomic mass is 10.2. The molecule has 5 nitrogen and oxygen atoms in total. The predicted octanol–water partition coefficient (Wildman–Crippen LogP) is 2.64. The lowest BCUT2D eigenvalue weighted by molar-refractivity contribution is -0.148. The highest BCUT2D eigenvalue weighted by atomic mass is 32.2. The maximum Gasteiger partial charge on any atom is 0.411 e. The van der Waals surface area contributed by atoms with Gasteiger partial charge in [-0.15, -0.1) is 11.8 Å². The maximum atomic E-state index is 12.2. The molecule has 1 rings (SSSR count). The first-order valence-electron chi connectivity index (χ1n) is 6.51. The lowest BCUT2D eigenvalue weighted by Crippen LogP contribution is -2.46. The number of likely N-dealkylation sites (tertiary alicyclic amines) is 1. The first kappa shape index (κ1) is 16.1. The van der Waals surface area contributed by atoms with Crippen LogP contribution in [0.3, 0.4) is 0 Å². The predicted molar refractivity (Wildman–Crippen MR) is 75.0 cm³/mol. The Morgan fingerprint density at radius 1 is 1.32 bits per heavy atom. The molecule has 1 amide bonds. The Balaban J connectivity index is 2.82. The minimum Gasteiger partial charge on any atom is -0.464 e. The second-order valence-corrected chi connectivity index (χ2v) is 6.44. The summed E-state index contributed by atoms with van der Waals surface area (Å²) in [5, 5.41) is -0.0238. The number of hydrogen-bond acceptors (Lipinski definition) is 5. The molecule has 1 saturated heterocycles. The minimum atomic E-state index is -0.568. The number of carbonyl (C=O) groups is 2. The van der Waals surface area contributed by atoms with Crippen LogP contribution in [-0.2, 0) is 14.3 Å². The van der Waals surface area contributed by atoms with Crippen LogP contribution in [0.4, 0.5) is 4.79 Å². The fourth-order valence-corrected chi connectivity index (χ4v) is 2.87. The monoisotopic (exact) mass is 289 g/mol. The Labute approximate surface area is 119 Å². The molecule has 0 bridgehead atoms. The number of thioether (sulfide) groups is 1. The van der Waals surface area contributed by atoms with Gasteiger partial charge in [0.2, 0.25) is 0 Å². The standard InChI is InChI=1S/C13H23NO4S/c1-6-17-11(15)9-7-8-10(19-5)14(9)12(16)18-13(2,3)4/h9-10H,6-8H2,1-5H3. The number of amides is 1. The topological polar surface area (TPSA) is 55.8 Å². The number of hydrogen-bond donors (Lipinski definition) is 0. The van der Waals surface area contributed by atoms with Crippen LogP contribution in [0.25, 0.3) is 0 Å². The highest BCUT2D eigenvalue weighted by Gasteiger charge is 2.43. The summed E-state index contributed by atoms with van der Waals surface area (Å²) in [6.07, 6.45) is 2.89. The molecule has 2 atom stereocenters. The molecular weight excluding hydrogens is 266 g/mol. The van der Waals surface area contributed by atoms with Crippen molar-refractivity contribution in [2.24, 2.45) is 0 Å². The van der Waals surface area contributed by atoms with E-state index in [0.717, 1.165) is 6.42 Å². The fraction of sp³-hybridized carbons (Fsp3) is 0.846. The van der Waals surface area contributed by atoms with Crippen molar-refractivity contribution >= 4 is 23.8 Å². The third kappa shape index (κ3) is 4.30. The van der Waals surface area contributed by atoms with Gasteiger partial charge in [0, 0.05) is 0 Å². The van der Waals surface area contributed by atoms with Crippen molar-refractivity contribution in [3.05, 3.63) is 0 Å².